The molecule has 0 aliphatic rings. The van der Waals surface area contributed by atoms with Crippen molar-refractivity contribution in [2.45, 2.75) is 33.3 Å². The minimum Gasteiger partial charge on any atom is -0.481 e. The zero-order valence-electron chi connectivity index (χ0n) is 13.0. The van der Waals surface area contributed by atoms with E-state index in [1.165, 1.54) is 0 Å². The summed E-state index contributed by atoms with van der Waals surface area (Å²) in [6.07, 6.45) is 0.302. The normalized spacial score (nSPS) is 11.8. The van der Waals surface area contributed by atoms with Gasteiger partial charge in [-0.3, -0.25) is 4.79 Å². The fourth-order valence-electron chi connectivity index (χ4n) is 2.22. The van der Waals surface area contributed by atoms with Crippen LogP contribution in [0, 0.1) is 6.92 Å². The van der Waals surface area contributed by atoms with E-state index in [0.717, 1.165) is 27.7 Å². The lowest BCUT2D eigenvalue weighted by atomic mass is 10.1. The first-order valence-corrected chi connectivity index (χ1v) is 8.12. The number of para-hydroxylation sites is 1. The fourth-order valence-corrected chi connectivity index (χ4v) is 2.60. The standard InChI is InChI=1S/C18H20BrNO2/c1-4-14-8-5-7-12(2)17(14)20-18(21)13(3)22-16-10-6-9-15(19)11-16/h5-11,13H,4H2,1-3H3,(H,20,21)/t13-/m1/s1. The summed E-state index contributed by atoms with van der Waals surface area (Å²) < 4.78 is 6.62. The summed E-state index contributed by atoms with van der Waals surface area (Å²) >= 11 is 3.39. The van der Waals surface area contributed by atoms with Crippen LogP contribution in [0.3, 0.4) is 0 Å². The van der Waals surface area contributed by atoms with Gasteiger partial charge in [0.25, 0.3) is 5.91 Å². The van der Waals surface area contributed by atoms with Crippen LogP contribution in [0.25, 0.3) is 0 Å². The van der Waals surface area contributed by atoms with E-state index in [1.54, 1.807) is 6.92 Å². The average molecular weight is 362 g/mol. The van der Waals surface area contributed by atoms with Crippen LogP contribution in [0.2, 0.25) is 0 Å². The summed E-state index contributed by atoms with van der Waals surface area (Å²) in [5.41, 5.74) is 3.07. The third kappa shape index (κ3) is 4.10. The third-order valence-corrected chi connectivity index (χ3v) is 3.96. The molecule has 2 rings (SSSR count). The summed E-state index contributed by atoms with van der Waals surface area (Å²) in [6, 6.07) is 13.5. The maximum absolute atomic E-state index is 12.4. The fraction of sp³-hybridized carbons (Fsp3) is 0.278. The van der Waals surface area contributed by atoms with Crippen LogP contribution in [0.1, 0.15) is 25.0 Å². The molecule has 22 heavy (non-hydrogen) atoms. The number of aryl methyl sites for hydroxylation is 2. The highest BCUT2D eigenvalue weighted by Crippen LogP contribution is 2.22. The van der Waals surface area contributed by atoms with Crippen LogP contribution in [0.15, 0.2) is 46.9 Å². The van der Waals surface area contributed by atoms with Crippen molar-refractivity contribution < 1.29 is 9.53 Å². The van der Waals surface area contributed by atoms with Gasteiger partial charge in [-0.1, -0.05) is 47.1 Å². The first-order chi connectivity index (χ1) is 10.5. The number of ether oxygens (including phenoxy) is 1. The molecule has 0 spiro atoms. The van der Waals surface area contributed by atoms with Crippen molar-refractivity contribution in [2.75, 3.05) is 5.32 Å². The van der Waals surface area contributed by atoms with Crippen molar-refractivity contribution in [1.82, 2.24) is 0 Å². The molecule has 1 amide bonds. The molecule has 0 heterocycles. The lowest BCUT2D eigenvalue weighted by Gasteiger charge is -2.17. The lowest BCUT2D eigenvalue weighted by Crippen LogP contribution is -2.30. The molecule has 4 heteroatoms. The van der Waals surface area contributed by atoms with Gasteiger partial charge in [0.05, 0.1) is 0 Å². The van der Waals surface area contributed by atoms with Crippen LogP contribution in [0.5, 0.6) is 5.75 Å². The number of halogens is 1. The first kappa shape index (κ1) is 16.6. The van der Waals surface area contributed by atoms with Gasteiger partial charge in [0, 0.05) is 10.2 Å². The lowest BCUT2D eigenvalue weighted by molar-refractivity contribution is -0.122. The summed E-state index contributed by atoms with van der Waals surface area (Å²) in [5.74, 6) is 0.515. The predicted molar refractivity (Wildman–Crippen MR) is 93.4 cm³/mol. The van der Waals surface area contributed by atoms with Crippen LogP contribution in [-0.2, 0) is 11.2 Å². The van der Waals surface area contributed by atoms with Gasteiger partial charge in [0.1, 0.15) is 5.75 Å². The van der Waals surface area contributed by atoms with Gasteiger partial charge in [0.2, 0.25) is 0 Å². The Hall–Kier alpha value is -1.81. The molecule has 2 aromatic carbocycles. The number of anilines is 1. The van der Waals surface area contributed by atoms with Crippen LogP contribution >= 0.6 is 15.9 Å². The number of hydrogen-bond acceptors (Lipinski definition) is 2. The quantitative estimate of drug-likeness (QED) is 0.835. The first-order valence-electron chi connectivity index (χ1n) is 7.33. The molecular weight excluding hydrogens is 342 g/mol. The van der Waals surface area contributed by atoms with Crippen LogP contribution in [-0.4, -0.2) is 12.0 Å². The molecule has 3 nitrogen and oxygen atoms in total. The van der Waals surface area contributed by atoms with E-state index in [0.29, 0.717) is 5.75 Å². The third-order valence-electron chi connectivity index (χ3n) is 3.47. The van der Waals surface area contributed by atoms with Gasteiger partial charge in [0.15, 0.2) is 6.10 Å². The topological polar surface area (TPSA) is 38.3 Å². The van der Waals surface area contributed by atoms with Crippen molar-refractivity contribution in [1.29, 1.82) is 0 Å². The molecule has 0 bridgehead atoms. The van der Waals surface area contributed by atoms with Gasteiger partial charge in [-0.05, 0) is 49.6 Å². The second-order valence-corrected chi connectivity index (χ2v) is 6.08. The molecule has 0 aliphatic carbocycles. The summed E-state index contributed by atoms with van der Waals surface area (Å²) in [4.78, 5) is 12.4. The van der Waals surface area contributed by atoms with E-state index >= 15 is 0 Å². The molecule has 1 atom stereocenters. The smallest absolute Gasteiger partial charge is 0.265 e. The Morgan fingerprint density at radius 1 is 1.27 bits per heavy atom. The zero-order valence-corrected chi connectivity index (χ0v) is 14.6. The molecule has 116 valence electrons. The van der Waals surface area contributed by atoms with E-state index in [1.807, 2.05) is 49.4 Å². The van der Waals surface area contributed by atoms with Gasteiger partial charge < -0.3 is 10.1 Å². The van der Waals surface area contributed by atoms with Crippen LogP contribution < -0.4 is 10.1 Å². The second-order valence-electron chi connectivity index (χ2n) is 5.17. The molecule has 2 aromatic rings. The summed E-state index contributed by atoms with van der Waals surface area (Å²) in [5, 5.41) is 2.99. The molecule has 1 N–H and O–H groups in total. The SMILES string of the molecule is CCc1cccc(C)c1NC(=O)[C@@H](C)Oc1cccc(Br)c1. The highest BCUT2D eigenvalue weighted by Gasteiger charge is 2.17. The van der Waals surface area contributed by atoms with E-state index in [2.05, 4.69) is 28.2 Å². The summed E-state index contributed by atoms with van der Waals surface area (Å²) in [6.45, 7) is 5.82. The molecule has 0 fully saturated rings. The number of amides is 1. The maximum Gasteiger partial charge on any atom is 0.265 e. The van der Waals surface area contributed by atoms with Crippen molar-refractivity contribution in [3.63, 3.8) is 0 Å². The monoisotopic (exact) mass is 361 g/mol. The van der Waals surface area contributed by atoms with Gasteiger partial charge in [-0.25, -0.2) is 0 Å². The Bertz CT molecular complexity index is 670. The highest BCUT2D eigenvalue weighted by atomic mass is 79.9. The zero-order chi connectivity index (χ0) is 16.1. The molecule has 0 aromatic heterocycles. The molecule has 0 radical (unpaired) electrons. The second kappa shape index (κ2) is 7.45. The molecule has 0 aliphatic heterocycles. The molecule has 0 saturated carbocycles. The molecular formula is C18H20BrNO2. The van der Waals surface area contributed by atoms with Gasteiger partial charge in [-0.2, -0.15) is 0 Å². The van der Waals surface area contributed by atoms with Crippen molar-refractivity contribution in [3.05, 3.63) is 58.1 Å². The Labute approximate surface area is 139 Å². The van der Waals surface area contributed by atoms with Crippen molar-refractivity contribution >= 4 is 27.5 Å². The molecule has 0 saturated heterocycles. The van der Waals surface area contributed by atoms with E-state index < -0.39 is 6.10 Å². The minimum atomic E-state index is -0.571. The Kier molecular flexibility index (Phi) is 5.61. The number of hydrogen-bond donors (Lipinski definition) is 1. The Morgan fingerprint density at radius 3 is 2.68 bits per heavy atom. The van der Waals surface area contributed by atoms with E-state index in [4.69, 9.17) is 4.74 Å². The number of benzene rings is 2. The number of rotatable bonds is 5. The van der Waals surface area contributed by atoms with Crippen LogP contribution in [0.4, 0.5) is 5.69 Å². The van der Waals surface area contributed by atoms with E-state index in [9.17, 15) is 4.79 Å². The van der Waals surface area contributed by atoms with Gasteiger partial charge >= 0.3 is 0 Å². The average Bonchev–Trinajstić information content (AvgIpc) is 2.49. The minimum absolute atomic E-state index is 0.149. The summed E-state index contributed by atoms with van der Waals surface area (Å²) in [7, 11) is 0. The highest BCUT2D eigenvalue weighted by molar-refractivity contribution is 9.10. The predicted octanol–water partition coefficient (Wildman–Crippen LogP) is 4.73. The molecule has 0 unspecified atom stereocenters. The largest absolute Gasteiger partial charge is 0.481 e. The maximum atomic E-state index is 12.4. The van der Waals surface area contributed by atoms with Gasteiger partial charge in [-0.15, -0.1) is 0 Å². The number of nitrogens with one attached hydrogen (secondary N) is 1. The van der Waals surface area contributed by atoms with Crippen molar-refractivity contribution in [3.8, 4) is 5.75 Å². The number of carbonyl (C=O) groups excluding carboxylic acids is 1. The van der Waals surface area contributed by atoms with Crippen molar-refractivity contribution in [2.24, 2.45) is 0 Å². The Morgan fingerprint density at radius 2 is 2.00 bits per heavy atom. The van der Waals surface area contributed by atoms with E-state index in [-0.39, 0.29) is 5.91 Å². The Balaban J connectivity index is 2.09. The number of carbonyl (C=O) groups is 1.